The molecule has 0 bridgehead atoms. The van der Waals surface area contributed by atoms with Crippen molar-refractivity contribution in [3.63, 3.8) is 0 Å². The van der Waals surface area contributed by atoms with E-state index in [0.29, 0.717) is 11.6 Å². The van der Waals surface area contributed by atoms with Crippen LogP contribution in [0.15, 0.2) is 18.2 Å². The second-order valence-corrected chi connectivity index (χ2v) is 5.98. The molecule has 0 aliphatic carbocycles. The fourth-order valence-electron chi connectivity index (χ4n) is 2.90. The topological polar surface area (TPSA) is 40.5 Å². The first-order valence-corrected chi connectivity index (χ1v) is 7.04. The average molecular weight is 261 g/mol. The number of benzene rings is 1. The summed E-state index contributed by atoms with van der Waals surface area (Å²) in [6.07, 6.45) is 2.34. The van der Waals surface area contributed by atoms with Gasteiger partial charge in [0.1, 0.15) is 0 Å². The molecule has 2 rings (SSSR count). The zero-order chi connectivity index (χ0) is 14.2. The van der Waals surface area contributed by atoms with Gasteiger partial charge in [0.05, 0.1) is 5.56 Å². The first-order chi connectivity index (χ1) is 8.89. The normalized spacial score (nSPS) is 20.4. The summed E-state index contributed by atoms with van der Waals surface area (Å²) in [6.45, 7) is 9.87. The lowest BCUT2D eigenvalue weighted by Crippen LogP contribution is -2.39. The monoisotopic (exact) mass is 261 g/mol. The Kier molecular flexibility index (Phi) is 3.57. The minimum absolute atomic E-state index is 0.00542. The highest BCUT2D eigenvalue weighted by Gasteiger charge is 2.41. The summed E-state index contributed by atoms with van der Waals surface area (Å²) in [5.74, 6) is -0.849. The summed E-state index contributed by atoms with van der Waals surface area (Å²) in [5.41, 5.74) is 2.75. The second-order valence-electron chi connectivity index (χ2n) is 5.98. The van der Waals surface area contributed by atoms with E-state index in [9.17, 15) is 4.79 Å². The molecule has 104 valence electrons. The minimum atomic E-state index is -0.849. The molecule has 0 saturated carbocycles. The van der Waals surface area contributed by atoms with Crippen molar-refractivity contribution in [1.29, 1.82) is 0 Å². The van der Waals surface area contributed by atoms with Gasteiger partial charge in [0.2, 0.25) is 0 Å². The van der Waals surface area contributed by atoms with Crippen molar-refractivity contribution in [3.8, 4) is 0 Å². The average Bonchev–Trinajstić information content (AvgIpc) is 2.56. The third-order valence-electron chi connectivity index (χ3n) is 4.51. The molecule has 3 heteroatoms. The fraction of sp³-hybridized carbons (Fsp3) is 0.562. The molecular formula is C16H23NO2. The molecule has 0 radical (unpaired) electrons. The summed E-state index contributed by atoms with van der Waals surface area (Å²) in [6, 6.07) is 5.94. The van der Waals surface area contributed by atoms with Crippen LogP contribution >= 0.6 is 0 Å². The predicted molar refractivity (Wildman–Crippen MR) is 78.1 cm³/mol. The number of carbonyl (C=O) groups is 1. The quantitative estimate of drug-likeness (QED) is 0.899. The maximum Gasteiger partial charge on any atom is 0.335 e. The minimum Gasteiger partial charge on any atom is -0.478 e. The van der Waals surface area contributed by atoms with Crippen molar-refractivity contribution >= 4 is 11.7 Å². The molecule has 1 aliphatic rings. The molecule has 19 heavy (non-hydrogen) atoms. The summed E-state index contributed by atoms with van der Waals surface area (Å²) in [7, 11) is 0. The molecule has 1 aromatic carbocycles. The van der Waals surface area contributed by atoms with Gasteiger partial charge in [-0.3, -0.25) is 0 Å². The van der Waals surface area contributed by atoms with E-state index in [1.54, 1.807) is 6.07 Å². The van der Waals surface area contributed by atoms with Gasteiger partial charge in [-0.2, -0.15) is 0 Å². The maximum absolute atomic E-state index is 11.1. The van der Waals surface area contributed by atoms with Crippen molar-refractivity contribution < 1.29 is 9.90 Å². The lowest BCUT2D eigenvalue weighted by Gasteiger charge is -2.31. The highest BCUT2D eigenvalue weighted by molar-refractivity contribution is 5.89. The molecule has 1 aromatic rings. The summed E-state index contributed by atoms with van der Waals surface area (Å²) in [5, 5.41) is 9.15. The van der Waals surface area contributed by atoms with Crippen molar-refractivity contribution in [3.05, 3.63) is 29.3 Å². The molecule has 0 saturated heterocycles. The van der Waals surface area contributed by atoms with Crippen LogP contribution in [0.25, 0.3) is 0 Å². The van der Waals surface area contributed by atoms with Crippen LogP contribution in [-0.2, 0) is 5.41 Å². The predicted octanol–water partition coefficient (Wildman–Crippen LogP) is 3.67. The van der Waals surface area contributed by atoms with Crippen LogP contribution in [0.4, 0.5) is 5.69 Å². The van der Waals surface area contributed by atoms with Gasteiger partial charge in [-0.1, -0.05) is 27.2 Å². The van der Waals surface area contributed by atoms with Gasteiger partial charge in [0.15, 0.2) is 0 Å². The van der Waals surface area contributed by atoms with Gasteiger partial charge < -0.3 is 10.0 Å². The third-order valence-corrected chi connectivity index (χ3v) is 4.51. The summed E-state index contributed by atoms with van der Waals surface area (Å²) in [4.78, 5) is 13.6. The first kappa shape index (κ1) is 13.9. The smallest absolute Gasteiger partial charge is 0.335 e. The number of rotatable bonds is 4. The van der Waals surface area contributed by atoms with Crippen molar-refractivity contribution in [2.45, 2.75) is 52.0 Å². The molecule has 1 heterocycles. The van der Waals surface area contributed by atoms with Crippen LogP contribution in [-0.4, -0.2) is 23.7 Å². The van der Waals surface area contributed by atoms with Gasteiger partial charge in [-0.25, -0.2) is 4.79 Å². The lowest BCUT2D eigenvalue weighted by atomic mass is 9.81. The Hall–Kier alpha value is -1.51. The van der Waals surface area contributed by atoms with Gasteiger partial charge >= 0.3 is 5.97 Å². The Balaban J connectivity index is 2.45. The molecular weight excluding hydrogens is 238 g/mol. The number of aromatic carboxylic acids is 1. The number of carboxylic acid groups (broad SMARTS) is 1. The standard InChI is InChI=1S/C16H23NO2/c1-5-6-9-17-11(2)16(3,4)13-10-12(15(18)19)7-8-14(13)17/h7-8,10-11H,5-6,9H2,1-4H3,(H,18,19). The van der Waals surface area contributed by atoms with Crippen LogP contribution in [0.2, 0.25) is 0 Å². The molecule has 0 spiro atoms. The Labute approximate surface area is 115 Å². The van der Waals surface area contributed by atoms with Crippen LogP contribution in [0.5, 0.6) is 0 Å². The number of hydrogen-bond donors (Lipinski definition) is 1. The number of carboxylic acids is 1. The van der Waals surface area contributed by atoms with Gasteiger partial charge in [0, 0.05) is 23.7 Å². The van der Waals surface area contributed by atoms with E-state index in [0.717, 1.165) is 12.1 Å². The van der Waals surface area contributed by atoms with Crippen molar-refractivity contribution in [2.75, 3.05) is 11.4 Å². The Bertz CT molecular complexity index is 494. The van der Waals surface area contributed by atoms with E-state index in [1.807, 2.05) is 12.1 Å². The van der Waals surface area contributed by atoms with E-state index in [-0.39, 0.29) is 5.41 Å². The Morgan fingerprint density at radius 1 is 1.42 bits per heavy atom. The lowest BCUT2D eigenvalue weighted by molar-refractivity contribution is 0.0697. The second kappa shape index (κ2) is 4.87. The SMILES string of the molecule is CCCCN1c2ccc(C(=O)O)cc2C(C)(C)C1C. The third kappa shape index (κ3) is 2.22. The highest BCUT2D eigenvalue weighted by atomic mass is 16.4. The molecule has 0 fully saturated rings. The van der Waals surface area contributed by atoms with Crippen LogP contribution in [0, 0.1) is 0 Å². The first-order valence-electron chi connectivity index (χ1n) is 7.04. The molecule has 1 unspecified atom stereocenters. The van der Waals surface area contributed by atoms with Crippen molar-refractivity contribution in [2.24, 2.45) is 0 Å². The summed E-state index contributed by atoms with van der Waals surface area (Å²) >= 11 is 0. The van der Waals surface area contributed by atoms with E-state index >= 15 is 0 Å². The summed E-state index contributed by atoms with van der Waals surface area (Å²) < 4.78 is 0. The molecule has 0 aromatic heterocycles. The maximum atomic E-state index is 11.1. The number of nitrogens with zero attached hydrogens (tertiary/aromatic N) is 1. The molecule has 1 N–H and O–H groups in total. The van der Waals surface area contributed by atoms with Crippen LogP contribution in [0.1, 0.15) is 56.5 Å². The van der Waals surface area contributed by atoms with Crippen LogP contribution in [0.3, 0.4) is 0 Å². The van der Waals surface area contributed by atoms with Crippen molar-refractivity contribution in [1.82, 2.24) is 0 Å². The van der Waals surface area contributed by atoms with E-state index in [1.165, 1.54) is 18.5 Å². The molecule has 0 amide bonds. The zero-order valence-corrected chi connectivity index (χ0v) is 12.2. The van der Waals surface area contributed by atoms with E-state index in [4.69, 9.17) is 5.11 Å². The zero-order valence-electron chi connectivity index (χ0n) is 12.2. The van der Waals surface area contributed by atoms with E-state index in [2.05, 4.69) is 32.6 Å². The highest BCUT2D eigenvalue weighted by Crippen LogP contribution is 2.45. The fourth-order valence-corrected chi connectivity index (χ4v) is 2.90. The molecule has 1 atom stereocenters. The number of fused-ring (bicyclic) bond motifs is 1. The molecule has 1 aliphatic heterocycles. The molecule has 3 nitrogen and oxygen atoms in total. The van der Waals surface area contributed by atoms with Gasteiger partial charge in [-0.05, 0) is 37.1 Å². The number of unbranched alkanes of at least 4 members (excludes halogenated alkanes) is 1. The number of anilines is 1. The van der Waals surface area contributed by atoms with Crippen LogP contribution < -0.4 is 4.90 Å². The van der Waals surface area contributed by atoms with Gasteiger partial charge in [-0.15, -0.1) is 0 Å². The Morgan fingerprint density at radius 3 is 2.68 bits per heavy atom. The largest absolute Gasteiger partial charge is 0.478 e. The van der Waals surface area contributed by atoms with E-state index < -0.39 is 5.97 Å². The van der Waals surface area contributed by atoms with Gasteiger partial charge in [0.25, 0.3) is 0 Å². The Morgan fingerprint density at radius 2 is 2.11 bits per heavy atom. The number of hydrogen-bond acceptors (Lipinski definition) is 2.